The monoisotopic (exact) mass is 202 g/mol. The number of aromatic amines is 1. The molecule has 1 aliphatic heterocycles. The molecule has 1 saturated heterocycles. The van der Waals surface area contributed by atoms with Gasteiger partial charge in [0, 0.05) is 12.5 Å². The number of benzene rings is 1. The molecule has 0 radical (unpaired) electrons. The summed E-state index contributed by atoms with van der Waals surface area (Å²) in [6.45, 7) is 1.70. The lowest BCUT2D eigenvalue weighted by Crippen LogP contribution is -2.16. The van der Waals surface area contributed by atoms with Crippen molar-refractivity contribution in [2.75, 3.05) is 13.2 Å². The topological polar surface area (TPSA) is 37.9 Å². The van der Waals surface area contributed by atoms with Crippen molar-refractivity contribution in [3.8, 4) is 0 Å². The van der Waals surface area contributed by atoms with Gasteiger partial charge in [-0.25, -0.2) is 4.98 Å². The van der Waals surface area contributed by atoms with E-state index >= 15 is 0 Å². The molecule has 3 heteroatoms. The van der Waals surface area contributed by atoms with Gasteiger partial charge in [0.15, 0.2) is 0 Å². The third kappa shape index (κ3) is 1.63. The number of imidazole rings is 1. The smallest absolute Gasteiger partial charge is 0.112 e. The van der Waals surface area contributed by atoms with Crippen molar-refractivity contribution in [3.63, 3.8) is 0 Å². The number of hydrogen-bond donors (Lipinski definition) is 1. The standard InChI is InChI=1S/C12H14N2O/c1-2-6-11-10(5-1)13-12(14-11)9-4-3-7-15-8-9/h1-2,5-6,9H,3-4,7-8H2,(H,13,14). The number of aromatic nitrogens is 2. The van der Waals surface area contributed by atoms with E-state index in [9.17, 15) is 0 Å². The van der Waals surface area contributed by atoms with Gasteiger partial charge in [-0.1, -0.05) is 12.1 Å². The predicted octanol–water partition coefficient (Wildman–Crippen LogP) is 2.46. The summed E-state index contributed by atoms with van der Waals surface area (Å²) in [5.41, 5.74) is 2.18. The van der Waals surface area contributed by atoms with Crippen LogP contribution in [-0.2, 0) is 4.74 Å². The lowest BCUT2D eigenvalue weighted by atomic mass is 10.0. The fourth-order valence-electron chi connectivity index (χ4n) is 2.12. The Morgan fingerprint density at radius 3 is 3.07 bits per heavy atom. The molecule has 1 aliphatic rings. The van der Waals surface area contributed by atoms with Crippen molar-refractivity contribution in [1.29, 1.82) is 0 Å². The maximum absolute atomic E-state index is 5.47. The fourth-order valence-corrected chi connectivity index (χ4v) is 2.12. The van der Waals surface area contributed by atoms with Gasteiger partial charge in [-0.2, -0.15) is 0 Å². The largest absolute Gasteiger partial charge is 0.381 e. The lowest BCUT2D eigenvalue weighted by Gasteiger charge is -2.19. The number of fused-ring (bicyclic) bond motifs is 1. The number of nitrogens with one attached hydrogen (secondary N) is 1. The second-order valence-corrected chi connectivity index (χ2v) is 4.05. The summed E-state index contributed by atoms with van der Waals surface area (Å²) in [5.74, 6) is 1.53. The zero-order chi connectivity index (χ0) is 10.1. The molecule has 0 spiro atoms. The first-order valence-electron chi connectivity index (χ1n) is 5.46. The molecule has 3 rings (SSSR count). The van der Waals surface area contributed by atoms with Crippen LogP contribution < -0.4 is 0 Å². The molecule has 1 atom stereocenters. The van der Waals surface area contributed by atoms with Gasteiger partial charge in [0.1, 0.15) is 5.82 Å². The molecule has 0 saturated carbocycles. The Morgan fingerprint density at radius 1 is 1.33 bits per heavy atom. The van der Waals surface area contributed by atoms with Crippen molar-refractivity contribution in [2.24, 2.45) is 0 Å². The molecular formula is C12H14N2O. The molecule has 0 bridgehead atoms. The summed E-state index contributed by atoms with van der Waals surface area (Å²) in [6, 6.07) is 8.15. The maximum atomic E-state index is 5.47. The van der Waals surface area contributed by atoms with Crippen molar-refractivity contribution < 1.29 is 4.74 Å². The third-order valence-corrected chi connectivity index (χ3v) is 2.95. The summed E-state index contributed by atoms with van der Waals surface area (Å²) in [5, 5.41) is 0. The minimum atomic E-state index is 0.450. The molecular weight excluding hydrogens is 188 g/mol. The van der Waals surface area contributed by atoms with Crippen LogP contribution in [0.4, 0.5) is 0 Å². The van der Waals surface area contributed by atoms with Crippen LogP contribution in [0.2, 0.25) is 0 Å². The minimum Gasteiger partial charge on any atom is -0.381 e. The highest BCUT2D eigenvalue weighted by Gasteiger charge is 2.18. The van der Waals surface area contributed by atoms with Crippen LogP contribution in [0.25, 0.3) is 11.0 Å². The lowest BCUT2D eigenvalue weighted by molar-refractivity contribution is 0.0784. The van der Waals surface area contributed by atoms with Gasteiger partial charge in [0.2, 0.25) is 0 Å². The summed E-state index contributed by atoms with van der Waals surface area (Å²) in [4.78, 5) is 7.98. The van der Waals surface area contributed by atoms with E-state index < -0.39 is 0 Å². The van der Waals surface area contributed by atoms with Gasteiger partial charge in [0.05, 0.1) is 17.6 Å². The first-order chi connectivity index (χ1) is 7.43. The molecule has 0 amide bonds. The normalized spacial score (nSPS) is 22.0. The number of ether oxygens (including phenoxy) is 1. The summed E-state index contributed by atoms with van der Waals surface area (Å²) in [6.07, 6.45) is 2.32. The molecule has 1 N–H and O–H groups in total. The molecule has 1 aromatic heterocycles. The van der Waals surface area contributed by atoms with Crippen LogP contribution in [0.1, 0.15) is 24.6 Å². The van der Waals surface area contributed by atoms with Crippen molar-refractivity contribution >= 4 is 11.0 Å². The quantitative estimate of drug-likeness (QED) is 0.771. The van der Waals surface area contributed by atoms with E-state index in [1.165, 1.54) is 6.42 Å². The average molecular weight is 202 g/mol. The van der Waals surface area contributed by atoms with E-state index in [4.69, 9.17) is 4.74 Å². The highest BCUT2D eigenvalue weighted by atomic mass is 16.5. The number of H-pyrrole nitrogens is 1. The van der Waals surface area contributed by atoms with Gasteiger partial charge in [-0.3, -0.25) is 0 Å². The molecule has 3 nitrogen and oxygen atoms in total. The fraction of sp³-hybridized carbons (Fsp3) is 0.417. The van der Waals surface area contributed by atoms with Gasteiger partial charge in [-0.05, 0) is 25.0 Å². The number of para-hydroxylation sites is 2. The molecule has 1 aromatic carbocycles. The van der Waals surface area contributed by atoms with Crippen LogP contribution in [0.3, 0.4) is 0 Å². The molecule has 1 unspecified atom stereocenters. The molecule has 2 heterocycles. The van der Waals surface area contributed by atoms with E-state index in [1.54, 1.807) is 0 Å². The predicted molar refractivity (Wildman–Crippen MR) is 58.9 cm³/mol. The van der Waals surface area contributed by atoms with Crippen LogP contribution in [-0.4, -0.2) is 23.2 Å². The Morgan fingerprint density at radius 2 is 2.27 bits per heavy atom. The van der Waals surface area contributed by atoms with Gasteiger partial charge in [0.25, 0.3) is 0 Å². The SMILES string of the molecule is c1ccc2[nH]c(C3CCCOC3)nc2c1. The first kappa shape index (κ1) is 8.92. The van der Waals surface area contributed by atoms with Crippen LogP contribution in [0.5, 0.6) is 0 Å². The molecule has 1 fully saturated rings. The highest BCUT2D eigenvalue weighted by Crippen LogP contribution is 2.24. The molecule has 78 valence electrons. The number of rotatable bonds is 1. The van der Waals surface area contributed by atoms with Crippen LogP contribution >= 0.6 is 0 Å². The van der Waals surface area contributed by atoms with Crippen molar-refractivity contribution in [1.82, 2.24) is 9.97 Å². The van der Waals surface area contributed by atoms with E-state index in [0.717, 1.165) is 36.5 Å². The van der Waals surface area contributed by atoms with Crippen LogP contribution in [0, 0.1) is 0 Å². The number of hydrogen-bond acceptors (Lipinski definition) is 2. The maximum Gasteiger partial charge on any atom is 0.112 e. The highest BCUT2D eigenvalue weighted by molar-refractivity contribution is 5.74. The van der Waals surface area contributed by atoms with Crippen LogP contribution in [0.15, 0.2) is 24.3 Å². The molecule has 0 aliphatic carbocycles. The van der Waals surface area contributed by atoms with Gasteiger partial charge < -0.3 is 9.72 Å². The summed E-state index contributed by atoms with van der Waals surface area (Å²) in [7, 11) is 0. The Labute approximate surface area is 88.5 Å². The number of nitrogens with zero attached hydrogens (tertiary/aromatic N) is 1. The van der Waals surface area contributed by atoms with Crippen molar-refractivity contribution in [3.05, 3.63) is 30.1 Å². The summed E-state index contributed by atoms with van der Waals surface area (Å²) < 4.78 is 5.47. The Balaban J connectivity index is 1.96. The second kappa shape index (κ2) is 3.66. The zero-order valence-electron chi connectivity index (χ0n) is 8.57. The molecule has 15 heavy (non-hydrogen) atoms. The van der Waals surface area contributed by atoms with E-state index in [1.807, 2.05) is 18.2 Å². The van der Waals surface area contributed by atoms with E-state index in [2.05, 4.69) is 16.0 Å². The Kier molecular flexibility index (Phi) is 2.18. The second-order valence-electron chi connectivity index (χ2n) is 4.05. The van der Waals surface area contributed by atoms with Gasteiger partial charge in [-0.15, -0.1) is 0 Å². The van der Waals surface area contributed by atoms with E-state index in [0.29, 0.717) is 5.92 Å². The van der Waals surface area contributed by atoms with E-state index in [-0.39, 0.29) is 0 Å². The third-order valence-electron chi connectivity index (χ3n) is 2.95. The zero-order valence-corrected chi connectivity index (χ0v) is 8.57. The summed E-state index contributed by atoms with van der Waals surface area (Å²) >= 11 is 0. The van der Waals surface area contributed by atoms with Gasteiger partial charge >= 0.3 is 0 Å². The molecule has 2 aromatic rings. The van der Waals surface area contributed by atoms with Crippen molar-refractivity contribution in [2.45, 2.75) is 18.8 Å². The first-order valence-corrected chi connectivity index (χ1v) is 5.46. The average Bonchev–Trinajstić information content (AvgIpc) is 2.74. The minimum absolute atomic E-state index is 0.450. The Bertz CT molecular complexity index is 424. The Hall–Kier alpha value is -1.35.